The van der Waals surface area contributed by atoms with Crippen LogP contribution in [0.15, 0.2) is 24.3 Å². The number of piperidine rings is 1. The van der Waals surface area contributed by atoms with Gasteiger partial charge in [-0.2, -0.15) is 0 Å². The molecule has 1 aromatic heterocycles. The summed E-state index contributed by atoms with van der Waals surface area (Å²) in [6, 6.07) is 7.15. The first-order valence-corrected chi connectivity index (χ1v) is 10.4. The molecule has 0 unspecified atom stereocenters. The molecule has 0 spiro atoms. The number of pyridine rings is 1. The molecule has 1 aromatic carbocycles. The summed E-state index contributed by atoms with van der Waals surface area (Å²) in [5.74, 6) is 2.36. The normalized spacial score (nSPS) is 18.6. The fourth-order valence-electron chi connectivity index (χ4n) is 4.22. The molecule has 3 heterocycles. The maximum absolute atomic E-state index is 11.9. The molecule has 2 fully saturated rings. The van der Waals surface area contributed by atoms with E-state index in [-0.39, 0.29) is 24.2 Å². The van der Waals surface area contributed by atoms with E-state index in [0.717, 1.165) is 31.5 Å². The zero-order valence-corrected chi connectivity index (χ0v) is 17.6. The highest BCUT2D eigenvalue weighted by atomic mass is 35.5. The third-order valence-electron chi connectivity index (χ3n) is 6.03. The highest BCUT2D eigenvalue weighted by Crippen LogP contribution is 2.42. The van der Waals surface area contributed by atoms with Crippen LogP contribution in [0.2, 0.25) is 0 Å². The van der Waals surface area contributed by atoms with Crippen molar-refractivity contribution in [1.29, 1.82) is 0 Å². The van der Waals surface area contributed by atoms with Crippen LogP contribution >= 0.6 is 12.4 Å². The van der Waals surface area contributed by atoms with Crippen LogP contribution in [0.4, 0.5) is 10.6 Å². The monoisotopic (exact) mass is 430 g/mol. The Bertz CT molecular complexity index is 942. The van der Waals surface area contributed by atoms with Gasteiger partial charge in [-0.25, -0.2) is 9.78 Å². The summed E-state index contributed by atoms with van der Waals surface area (Å²) in [5.41, 5.74) is 3.47. The molecule has 1 aliphatic carbocycles. The standard InChI is InChI=1S/C22H26N4O3.ClH/c27-18-2-1-3-19(29-12-13-4-5-13)20(18)17-10-15(14-6-8-23-9-7-14)16-11-24-22(28)26-21(16)25-17;/h1-3,10,13-14,23,27H,4-9,11-12H2,(H2,24,25,26,28);1H. The number of halogens is 1. The number of phenolic OH excluding ortho intramolecular Hbond substituents is 1. The van der Waals surface area contributed by atoms with Gasteiger partial charge >= 0.3 is 6.03 Å². The predicted octanol–water partition coefficient (Wildman–Crippen LogP) is 3.77. The van der Waals surface area contributed by atoms with Crippen LogP contribution in [0.3, 0.4) is 0 Å². The van der Waals surface area contributed by atoms with Crippen LogP contribution in [0.25, 0.3) is 11.3 Å². The smallest absolute Gasteiger partial charge is 0.320 e. The van der Waals surface area contributed by atoms with Crippen LogP contribution in [0.5, 0.6) is 11.5 Å². The van der Waals surface area contributed by atoms with Gasteiger partial charge < -0.3 is 20.5 Å². The number of carbonyl (C=O) groups is 1. The van der Waals surface area contributed by atoms with Crippen LogP contribution < -0.4 is 20.7 Å². The number of hydrogen-bond donors (Lipinski definition) is 4. The number of phenols is 1. The third kappa shape index (κ3) is 4.18. The zero-order valence-electron chi connectivity index (χ0n) is 16.7. The summed E-state index contributed by atoms with van der Waals surface area (Å²) >= 11 is 0. The van der Waals surface area contributed by atoms with Crippen LogP contribution in [-0.4, -0.2) is 35.8 Å². The van der Waals surface area contributed by atoms with Crippen LogP contribution in [0, 0.1) is 5.92 Å². The van der Waals surface area contributed by atoms with Crippen molar-refractivity contribution in [2.24, 2.45) is 5.92 Å². The Morgan fingerprint density at radius 3 is 2.73 bits per heavy atom. The Kier molecular flexibility index (Phi) is 6.01. The second-order valence-corrected chi connectivity index (χ2v) is 8.16. The molecule has 160 valence electrons. The predicted molar refractivity (Wildman–Crippen MR) is 118 cm³/mol. The van der Waals surface area contributed by atoms with Crippen molar-refractivity contribution in [1.82, 2.24) is 15.6 Å². The summed E-state index contributed by atoms with van der Waals surface area (Å²) in [6.45, 7) is 3.08. The minimum atomic E-state index is -0.249. The maximum Gasteiger partial charge on any atom is 0.320 e. The molecule has 1 saturated carbocycles. The summed E-state index contributed by atoms with van der Waals surface area (Å²) < 4.78 is 6.04. The maximum atomic E-state index is 11.9. The van der Waals surface area contributed by atoms with Gasteiger partial charge in [-0.15, -0.1) is 12.4 Å². The number of urea groups is 1. The van der Waals surface area contributed by atoms with Crippen molar-refractivity contribution in [2.75, 3.05) is 25.0 Å². The van der Waals surface area contributed by atoms with E-state index >= 15 is 0 Å². The average molecular weight is 431 g/mol. The number of fused-ring (bicyclic) bond motifs is 1. The Balaban J connectivity index is 0.00000218. The molecule has 0 bridgehead atoms. The average Bonchev–Trinajstić information content (AvgIpc) is 3.56. The van der Waals surface area contributed by atoms with Gasteiger partial charge in [0.05, 0.1) is 17.9 Å². The van der Waals surface area contributed by atoms with Crippen molar-refractivity contribution in [2.45, 2.75) is 38.1 Å². The van der Waals surface area contributed by atoms with E-state index in [9.17, 15) is 9.90 Å². The highest BCUT2D eigenvalue weighted by Gasteiger charge is 2.28. The van der Waals surface area contributed by atoms with E-state index in [0.29, 0.717) is 47.8 Å². The molecule has 3 aliphatic rings. The first-order valence-electron chi connectivity index (χ1n) is 10.4. The van der Waals surface area contributed by atoms with Crippen molar-refractivity contribution < 1.29 is 14.6 Å². The molecule has 30 heavy (non-hydrogen) atoms. The van der Waals surface area contributed by atoms with E-state index in [1.165, 1.54) is 18.4 Å². The quantitative estimate of drug-likeness (QED) is 0.579. The highest BCUT2D eigenvalue weighted by molar-refractivity contribution is 5.92. The number of carbonyl (C=O) groups excluding carboxylic acids is 1. The molecule has 2 aromatic rings. The topological polar surface area (TPSA) is 95.5 Å². The molecule has 2 aliphatic heterocycles. The van der Waals surface area contributed by atoms with Gasteiger partial charge in [-0.3, -0.25) is 5.32 Å². The molecule has 1 saturated heterocycles. The summed E-state index contributed by atoms with van der Waals surface area (Å²) in [4.78, 5) is 16.7. The summed E-state index contributed by atoms with van der Waals surface area (Å²) in [5, 5.41) is 19.8. The molecule has 4 N–H and O–H groups in total. The Hall–Kier alpha value is -2.51. The number of amides is 2. The number of ether oxygens (including phenoxy) is 1. The van der Waals surface area contributed by atoms with Gasteiger partial charge in [0.15, 0.2) is 0 Å². The second kappa shape index (κ2) is 8.70. The molecule has 5 rings (SSSR count). The van der Waals surface area contributed by atoms with Crippen molar-refractivity contribution in [3.05, 3.63) is 35.4 Å². The van der Waals surface area contributed by atoms with Crippen LogP contribution in [-0.2, 0) is 6.54 Å². The molecule has 0 atom stereocenters. The summed E-state index contributed by atoms with van der Waals surface area (Å²) in [6.07, 6.45) is 4.47. The number of benzene rings is 1. The zero-order chi connectivity index (χ0) is 19.8. The van der Waals surface area contributed by atoms with Crippen molar-refractivity contribution >= 4 is 24.3 Å². The lowest BCUT2D eigenvalue weighted by molar-refractivity contribution is 0.250. The van der Waals surface area contributed by atoms with Crippen molar-refractivity contribution in [3.8, 4) is 22.8 Å². The van der Waals surface area contributed by atoms with Crippen LogP contribution in [0.1, 0.15) is 42.7 Å². The lowest BCUT2D eigenvalue weighted by atomic mass is 9.86. The molecule has 7 nitrogen and oxygen atoms in total. The minimum Gasteiger partial charge on any atom is -0.507 e. The first kappa shape index (κ1) is 20.8. The first-order chi connectivity index (χ1) is 14.2. The van der Waals surface area contributed by atoms with Gasteiger partial charge in [-0.05, 0) is 74.4 Å². The Morgan fingerprint density at radius 1 is 1.17 bits per heavy atom. The molecule has 2 amide bonds. The van der Waals surface area contributed by atoms with Gasteiger partial charge in [-0.1, -0.05) is 6.07 Å². The Labute approximate surface area is 182 Å². The number of rotatable bonds is 5. The fourth-order valence-corrected chi connectivity index (χ4v) is 4.22. The van der Waals surface area contributed by atoms with Gasteiger partial charge in [0, 0.05) is 12.1 Å². The number of nitrogens with zero attached hydrogens (tertiary/aromatic N) is 1. The lowest BCUT2D eigenvalue weighted by Gasteiger charge is -2.29. The van der Waals surface area contributed by atoms with E-state index in [1.54, 1.807) is 12.1 Å². The van der Waals surface area contributed by atoms with Crippen molar-refractivity contribution in [3.63, 3.8) is 0 Å². The molecular formula is C22H27ClN4O3. The fraction of sp³-hybridized carbons (Fsp3) is 0.455. The van der Waals surface area contributed by atoms with E-state index in [4.69, 9.17) is 9.72 Å². The number of nitrogens with one attached hydrogen (secondary N) is 3. The van der Waals surface area contributed by atoms with E-state index < -0.39 is 0 Å². The SMILES string of the molecule is Cl.O=C1NCc2c(C3CCNCC3)cc(-c3c(O)cccc3OCC3CC3)nc2N1. The number of aromatic hydroxyl groups is 1. The Morgan fingerprint density at radius 2 is 1.97 bits per heavy atom. The lowest BCUT2D eigenvalue weighted by Crippen LogP contribution is -2.35. The largest absolute Gasteiger partial charge is 0.507 e. The van der Waals surface area contributed by atoms with Gasteiger partial charge in [0.1, 0.15) is 17.3 Å². The van der Waals surface area contributed by atoms with E-state index in [1.807, 2.05) is 6.07 Å². The van der Waals surface area contributed by atoms with Gasteiger partial charge in [0.25, 0.3) is 0 Å². The number of hydrogen-bond acceptors (Lipinski definition) is 5. The molecule has 8 heteroatoms. The summed E-state index contributed by atoms with van der Waals surface area (Å²) in [7, 11) is 0. The minimum absolute atomic E-state index is 0. The third-order valence-corrected chi connectivity index (χ3v) is 6.03. The molecule has 0 radical (unpaired) electrons. The van der Waals surface area contributed by atoms with Gasteiger partial charge in [0.2, 0.25) is 0 Å². The second-order valence-electron chi connectivity index (χ2n) is 8.16. The number of aromatic nitrogens is 1. The van der Waals surface area contributed by atoms with E-state index in [2.05, 4.69) is 22.0 Å². The number of anilines is 1. The molecular weight excluding hydrogens is 404 g/mol.